The van der Waals surface area contributed by atoms with Gasteiger partial charge in [0.05, 0.1) is 15.0 Å². The van der Waals surface area contributed by atoms with E-state index >= 15 is 0 Å². The largest absolute Gasteiger partial charge is 0.506 e. The lowest BCUT2D eigenvalue weighted by Crippen LogP contribution is -2.27. The van der Waals surface area contributed by atoms with Crippen LogP contribution in [-0.2, 0) is 11.3 Å². The van der Waals surface area contributed by atoms with Crippen LogP contribution in [0.1, 0.15) is 11.1 Å². The zero-order chi connectivity index (χ0) is 19.0. The zero-order valence-electron chi connectivity index (χ0n) is 12.8. The molecule has 0 atom stereocenters. The van der Waals surface area contributed by atoms with E-state index in [9.17, 15) is 14.7 Å². The summed E-state index contributed by atoms with van der Waals surface area (Å²) < 4.78 is 1.59. The normalized spacial score (nSPS) is 16.0. The van der Waals surface area contributed by atoms with E-state index in [1.807, 2.05) is 28.7 Å². The number of rotatable bonds is 3. The van der Waals surface area contributed by atoms with Crippen molar-refractivity contribution in [3.63, 3.8) is 0 Å². The van der Waals surface area contributed by atoms with E-state index in [-0.39, 0.29) is 22.4 Å². The Bertz CT molecular complexity index is 965. The molecule has 0 unspecified atom stereocenters. The molecule has 0 aromatic heterocycles. The van der Waals surface area contributed by atoms with E-state index in [0.29, 0.717) is 24.7 Å². The van der Waals surface area contributed by atoms with Gasteiger partial charge in [-0.05, 0) is 92.8 Å². The van der Waals surface area contributed by atoms with Crippen LogP contribution in [0, 0.1) is 7.14 Å². The second-order valence-electron chi connectivity index (χ2n) is 5.33. The smallest absolute Gasteiger partial charge is 0.293 e. The van der Waals surface area contributed by atoms with E-state index in [2.05, 4.69) is 22.6 Å². The number of amides is 2. The summed E-state index contributed by atoms with van der Waals surface area (Å²) >= 11 is 17.0. The third-order valence-corrected chi connectivity index (χ3v) is 6.50. The second kappa shape index (κ2) is 8.26. The average molecular weight is 632 g/mol. The van der Waals surface area contributed by atoms with Crippen LogP contribution in [0.15, 0.2) is 35.2 Å². The molecule has 0 radical (unpaired) electrons. The van der Waals surface area contributed by atoms with Crippen LogP contribution >= 0.6 is 80.1 Å². The Morgan fingerprint density at radius 2 is 1.88 bits per heavy atom. The Morgan fingerprint density at radius 3 is 2.58 bits per heavy atom. The van der Waals surface area contributed by atoms with Gasteiger partial charge in [0.2, 0.25) is 0 Å². The number of halogens is 4. The number of nitrogens with zero attached hydrogens (tertiary/aromatic N) is 1. The van der Waals surface area contributed by atoms with Gasteiger partial charge >= 0.3 is 0 Å². The van der Waals surface area contributed by atoms with Crippen molar-refractivity contribution in [2.45, 2.75) is 6.54 Å². The lowest BCUT2D eigenvalue weighted by atomic mass is 10.1. The van der Waals surface area contributed by atoms with Crippen LogP contribution in [0.3, 0.4) is 0 Å². The Morgan fingerprint density at radius 1 is 1.15 bits per heavy atom. The average Bonchev–Trinajstić information content (AvgIpc) is 2.82. The van der Waals surface area contributed by atoms with Crippen LogP contribution in [0.2, 0.25) is 10.0 Å². The Balaban J connectivity index is 1.89. The van der Waals surface area contributed by atoms with Crippen LogP contribution in [0.4, 0.5) is 4.79 Å². The van der Waals surface area contributed by atoms with Crippen LogP contribution < -0.4 is 0 Å². The highest BCUT2D eigenvalue weighted by Crippen LogP contribution is 2.37. The SMILES string of the molecule is O=C1S/C(=C\c2cc(I)cc(I)c2O)C(=O)N1Cc1ccc(Cl)cc1Cl. The predicted molar refractivity (Wildman–Crippen MR) is 122 cm³/mol. The zero-order valence-corrected chi connectivity index (χ0v) is 19.4. The second-order valence-corrected chi connectivity index (χ2v) is 9.57. The Labute approximate surface area is 191 Å². The molecule has 1 fully saturated rings. The molecule has 0 saturated carbocycles. The quantitative estimate of drug-likeness (QED) is 0.327. The molecule has 3 rings (SSSR count). The molecule has 9 heteroatoms. The van der Waals surface area contributed by atoms with E-state index in [0.717, 1.165) is 20.2 Å². The van der Waals surface area contributed by atoms with Gasteiger partial charge in [0.1, 0.15) is 5.75 Å². The molecular weight excluding hydrogens is 623 g/mol. The number of phenolic OH excluding ortho intramolecular Hbond substituents is 1. The Hall–Kier alpha value is -0.490. The maximum absolute atomic E-state index is 12.6. The predicted octanol–water partition coefficient (Wildman–Crippen LogP) is 6.14. The minimum Gasteiger partial charge on any atom is -0.506 e. The van der Waals surface area contributed by atoms with Crippen molar-refractivity contribution in [2.24, 2.45) is 0 Å². The molecule has 134 valence electrons. The van der Waals surface area contributed by atoms with Crippen molar-refractivity contribution in [1.29, 1.82) is 0 Å². The lowest BCUT2D eigenvalue weighted by molar-refractivity contribution is -0.123. The number of phenols is 1. The molecule has 2 amide bonds. The summed E-state index contributed by atoms with van der Waals surface area (Å²) in [6.07, 6.45) is 1.54. The molecule has 1 heterocycles. The van der Waals surface area contributed by atoms with E-state index < -0.39 is 5.91 Å². The molecule has 1 aliphatic rings. The fourth-order valence-electron chi connectivity index (χ4n) is 2.29. The summed E-state index contributed by atoms with van der Waals surface area (Å²) in [4.78, 5) is 26.3. The minimum atomic E-state index is -0.417. The monoisotopic (exact) mass is 631 g/mol. The molecule has 26 heavy (non-hydrogen) atoms. The van der Waals surface area contributed by atoms with Crippen LogP contribution in [-0.4, -0.2) is 21.2 Å². The summed E-state index contributed by atoms with van der Waals surface area (Å²) in [7, 11) is 0. The molecule has 1 aliphatic heterocycles. The highest BCUT2D eigenvalue weighted by Gasteiger charge is 2.35. The third kappa shape index (κ3) is 4.32. The van der Waals surface area contributed by atoms with Crippen molar-refractivity contribution >= 4 is 97.4 Å². The number of carbonyl (C=O) groups is 2. The standard InChI is InChI=1S/C17H9Cl2I2NO3S/c18-10-2-1-8(12(19)5-10)7-22-16(24)14(26-17(22)25)4-9-3-11(20)6-13(21)15(9)23/h1-6,23H,7H2/b14-4-. The molecule has 2 aromatic rings. The first kappa shape index (κ1) is 20.2. The molecule has 0 aliphatic carbocycles. The van der Waals surface area contributed by atoms with Crippen molar-refractivity contribution in [3.8, 4) is 5.75 Å². The van der Waals surface area contributed by atoms with Crippen LogP contribution in [0.25, 0.3) is 6.08 Å². The first-order valence-electron chi connectivity index (χ1n) is 7.13. The molecular formula is C17H9Cl2I2NO3S. The van der Waals surface area contributed by atoms with Gasteiger partial charge in [0.15, 0.2) is 0 Å². The number of carbonyl (C=O) groups excluding carboxylic acids is 2. The summed E-state index contributed by atoms with van der Waals surface area (Å²) in [6.45, 7) is 0.0633. The van der Waals surface area contributed by atoms with Gasteiger partial charge in [-0.3, -0.25) is 14.5 Å². The van der Waals surface area contributed by atoms with Crippen molar-refractivity contribution in [2.75, 3.05) is 0 Å². The highest BCUT2D eigenvalue weighted by molar-refractivity contribution is 14.1. The van der Waals surface area contributed by atoms with E-state index in [4.69, 9.17) is 23.2 Å². The molecule has 1 N–H and O–H groups in total. The van der Waals surface area contributed by atoms with Gasteiger partial charge in [-0.2, -0.15) is 0 Å². The minimum absolute atomic E-state index is 0.0633. The number of aromatic hydroxyl groups is 1. The highest BCUT2D eigenvalue weighted by atomic mass is 127. The van der Waals surface area contributed by atoms with E-state index in [1.165, 1.54) is 6.08 Å². The summed E-state index contributed by atoms with van der Waals surface area (Å²) in [6, 6.07) is 8.48. The van der Waals surface area contributed by atoms with Crippen molar-refractivity contribution in [1.82, 2.24) is 4.90 Å². The lowest BCUT2D eigenvalue weighted by Gasteiger charge is -2.13. The maximum atomic E-state index is 12.6. The fraction of sp³-hybridized carbons (Fsp3) is 0.0588. The van der Waals surface area contributed by atoms with Crippen molar-refractivity contribution < 1.29 is 14.7 Å². The molecule has 0 bridgehead atoms. The first-order valence-corrected chi connectivity index (χ1v) is 10.9. The summed E-state index contributed by atoms with van der Waals surface area (Å²) in [5.74, 6) is -0.335. The van der Waals surface area contributed by atoms with Gasteiger partial charge in [0.25, 0.3) is 11.1 Å². The van der Waals surface area contributed by atoms with E-state index in [1.54, 1.807) is 24.3 Å². The van der Waals surface area contributed by atoms with Gasteiger partial charge in [-0.1, -0.05) is 29.3 Å². The maximum Gasteiger partial charge on any atom is 0.293 e. The molecule has 1 saturated heterocycles. The van der Waals surface area contributed by atoms with Crippen LogP contribution in [0.5, 0.6) is 5.75 Å². The summed E-state index contributed by atoms with van der Waals surface area (Å²) in [5.41, 5.74) is 1.13. The number of imide groups is 1. The topological polar surface area (TPSA) is 57.6 Å². The molecule has 4 nitrogen and oxygen atoms in total. The molecule has 2 aromatic carbocycles. The Kier molecular flexibility index (Phi) is 6.43. The van der Waals surface area contributed by atoms with Gasteiger partial charge in [-0.25, -0.2) is 0 Å². The number of hydrogen-bond acceptors (Lipinski definition) is 4. The molecule has 0 spiro atoms. The third-order valence-electron chi connectivity index (χ3n) is 3.56. The fourth-order valence-corrected chi connectivity index (χ4v) is 5.48. The van der Waals surface area contributed by atoms with Gasteiger partial charge in [-0.15, -0.1) is 0 Å². The first-order chi connectivity index (χ1) is 12.3. The summed E-state index contributed by atoms with van der Waals surface area (Å²) in [5, 5.41) is 10.7. The van der Waals surface area contributed by atoms with Gasteiger partial charge in [0, 0.05) is 19.2 Å². The number of benzene rings is 2. The number of thioether (sulfide) groups is 1. The number of hydrogen-bond donors (Lipinski definition) is 1. The van der Waals surface area contributed by atoms with Gasteiger partial charge < -0.3 is 5.11 Å². The van der Waals surface area contributed by atoms with Crippen molar-refractivity contribution in [3.05, 3.63) is 63.5 Å².